The van der Waals surface area contributed by atoms with Crippen LogP contribution in [0.2, 0.25) is 0 Å². The number of hydrogen-bond acceptors (Lipinski definition) is 5. The second-order valence-electron chi connectivity index (χ2n) is 6.21. The Balaban J connectivity index is 1.53. The predicted molar refractivity (Wildman–Crippen MR) is 89.6 cm³/mol. The second kappa shape index (κ2) is 7.25. The molecule has 1 atom stereocenters. The van der Waals surface area contributed by atoms with Crippen molar-refractivity contribution in [1.29, 1.82) is 0 Å². The summed E-state index contributed by atoms with van der Waals surface area (Å²) in [5.74, 6) is 2.38. The molecule has 2 aromatic rings. The molecule has 1 aliphatic rings. The molecule has 0 N–H and O–H groups in total. The molecule has 1 fully saturated rings. The zero-order valence-electron chi connectivity index (χ0n) is 13.7. The van der Waals surface area contributed by atoms with Crippen molar-refractivity contribution in [3.8, 4) is 0 Å². The molecule has 0 spiro atoms. The highest BCUT2D eigenvalue weighted by Gasteiger charge is 2.28. The first kappa shape index (κ1) is 16.2. The van der Waals surface area contributed by atoms with E-state index in [1.54, 1.807) is 11.3 Å². The van der Waals surface area contributed by atoms with Gasteiger partial charge in [-0.2, -0.15) is 4.98 Å². The molecule has 2 aromatic heterocycles. The van der Waals surface area contributed by atoms with Crippen LogP contribution in [0.5, 0.6) is 0 Å². The van der Waals surface area contributed by atoms with Crippen LogP contribution in [0.4, 0.5) is 0 Å². The Kier molecular flexibility index (Phi) is 5.10. The van der Waals surface area contributed by atoms with Gasteiger partial charge in [0.25, 0.3) is 0 Å². The summed E-state index contributed by atoms with van der Waals surface area (Å²) in [6.45, 7) is 5.78. The van der Waals surface area contributed by atoms with E-state index in [1.807, 2.05) is 22.4 Å². The second-order valence-corrected chi connectivity index (χ2v) is 7.24. The Bertz CT molecular complexity index is 630. The molecule has 6 heteroatoms. The lowest BCUT2D eigenvalue weighted by Gasteiger charge is -2.30. The molecule has 3 rings (SSSR count). The summed E-state index contributed by atoms with van der Waals surface area (Å²) in [6, 6.07) is 4.01. The van der Waals surface area contributed by atoms with Gasteiger partial charge in [-0.15, -0.1) is 11.3 Å². The van der Waals surface area contributed by atoms with E-state index < -0.39 is 0 Å². The normalized spacial score (nSPS) is 17.4. The number of likely N-dealkylation sites (tertiary alicyclic amines) is 1. The number of rotatable bonds is 5. The molecule has 3 heterocycles. The average Bonchev–Trinajstić information content (AvgIpc) is 3.26. The molecule has 0 saturated carbocycles. The molecule has 1 unspecified atom stereocenters. The van der Waals surface area contributed by atoms with Crippen molar-refractivity contribution in [1.82, 2.24) is 15.0 Å². The molecule has 124 valence electrons. The minimum Gasteiger partial charge on any atom is -0.342 e. The van der Waals surface area contributed by atoms with Crippen molar-refractivity contribution in [2.45, 2.75) is 51.4 Å². The van der Waals surface area contributed by atoms with Crippen LogP contribution in [0.25, 0.3) is 0 Å². The van der Waals surface area contributed by atoms with Gasteiger partial charge in [0.2, 0.25) is 11.8 Å². The lowest BCUT2D eigenvalue weighted by molar-refractivity contribution is -0.131. The first-order chi connectivity index (χ1) is 11.2. The van der Waals surface area contributed by atoms with Gasteiger partial charge in [0.1, 0.15) is 0 Å². The van der Waals surface area contributed by atoms with E-state index in [4.69, 9.17) is 4.52 Å². The maximum atomic E-state index is 12.3. The highest BCUT2D eigenvalue weighted by Crippen LogP contribution is 2.28. The van der Waals surface area contributed by atoms with Crippen molar-refractivity contribution in [2.24, 2.45) is 0 Å². The fourth-order valence-electron chi connectivity index (χ4n) is 2.85. The van der Waals surface area contributed by atoms with Gasteiger partial charge in [-0.3, -0.25) is 4.79 Å². The topological polar surface area (TPSA) is 59.2 Å². The molecule has 0 bridgehead atoms. The molecular formula is C17H23N3O2S. The highest BCUT2D eigenvalue weighted by atomic mass is 32.1. The number of nitrogens with zero attached hydrogens (tertiary/aromatic N) is 3. The van der Waals surface area contributed by atoms with E-state index in [0.29, 0.717) is 12.3 Å². The van der Waals surface area contributed by atoms with Gasteiger partial charge in [0.05, 0.1) is 6.42 Å². The van der Waals surface area contributed by atoms with Crippen molar-refractivity contribution in [2.75, 3.05) is 13.1 Å². The summed E-state index contributed by atoms with van der Waals surface area (Å²) in [7, 11) is 0. The molecule has 5 nitrogen and oxygen atoms in total. The van der Waals surface area contributed by atoms with Crippen LogP contribution in [0.1, 0.15) is 61.5 Å². The molecule has 1 saturated heterocycles. The van der Waals surface area contributed by atoms with E-state index in [-0.39, 0.29) is 11.8 Å². The minimum absolute atomic E-state index is 0.219. The molecule has 0 aliphatic carbocycles. The van der Waals surface area contributed by atoms with Crippen LogP contribution in [-0.2, 0) is 11.2 Å². The molecule has 0 radical (unpaired) electrons. The Labute approximate surface area is 140 Å². The fourth-order valence-corrected chi connectivity index (χ4v) is 3.54. The van der Waals surface area contributed by atoms with Crippen molar-refractivity contribution in [3.05, 3.63) is 34.1 Å². The monoisotopic (exact) mass is 333 g/mol. The standard InChI is InChI=1S/C17H23N3O2S/c1-3-12(2)16-18-17(22-19-16)13-6-8-20(9-7-13)15(21)11-14-5-4-10-23-14/h4-5,10,12-13H,3,6-9,11H2,1-2H3. The van der Waals surface area contributed by atoms with Crippen molar-refractivity contribution >= 4 is 17.2 Å². The summed E-state index contributed by atoms with van der Waals surface area (Å²) >= 11 is 1.64. The molecule has 0 aromatic carbocycles. The van der Waals surface area contributed by atoms with Gasteiger partial charge in [0.15, 0.2) is 5.82 Å². The Hall–Kier alpha value is -1.69. The van der Waals surface area contributed by atoms with Gasteiger partial charge in [0, 0.05) is 29.8 Å². The Morgan fingerprint density at radius 1 is 1.48 bits per heavy atom. The summed E-state index contributed by atoms with van der Waals surface area (Å²) in [4.78, 5) is 20.0. The van der Waals surface area contributed by atoms with Crippen LogP contribution < -0.4 is 0 Å². The summed E-state index contributed by atoms with van der Waals surface area (Å²) in [5, 5.41) is 6.11. The Morgan fingerprint density at radius 2 is 2.26 bits per heavy atom. The SMILES string of the molecule is CCC(C)c1noc(C2CCN(C(=O)Cc3cccs3)CC2)n1. The highest BCUT2D eigenvalue weighted by molar-refractivity contribution is 7.10. The number of amides is 1. The van der Waals surface area contributed by atoms with Crippen LogP contribution in [0, 0.1) is 0 Å². The first-order valence-electron chi connectivity index (χ1n) is 8.31. The number of carbonyl (C=O) groups is 1. The third kappa shape index (κ3) is 3.80. The average molecular weight is 333 g/mol. The zero-order valence-corrected chi connectivity index (χ0v) is 14.5. The van der Waals surface area contributed by atoms with Gasteiger partial charge < -0.3 is 9.42 Å². The Morgan fingerprint density at radius 3 is 2.91 bits per heavy atom. The number of aromatic nitrogens is 2. The lowest BCUT2D eigenvalue weighted by atomic mass is 9.96. The van der Waals surface area contributed by atoms with Gasteiger partial charge in [-0.05, 0) is 30.7 Å². The number of carbonyl (C=O) groups excluding carboxylic acids is 1. The predicted octanol–water partition coefficient (Wildman–Crippen LogP) is 3.59. The third-order valence-corrected chi connectivity index (χ3v) is 5.49. The van der Waals surface area contributed by atoms with Gasteiger partial charge >= 0.3 is 0 Å². The first-order valence-corrected chi connectivity index (χ1v) is 9.19. The minimum atomic E-state index is 0.219. The molecular weight excluding hydrogens is 310 g/mol. The van der Waals surface area contributed by atoms with Crippen LogP contribution in [-0.4, -0.2) is 34.0 Å². The van der Waals surface area contributed by atoms with Gasteiger partial charge in [-0.25, -0.2) is 0 Å². The summed E-state index contributed by atoms with van der Waals surface area (Å²) in [5.41, 5.74) is 0. The summed E-state index contributed by atoms with van der Waals surface area (Å²) in [6.07, 6.45) is 3.33. The molecule has 23 heavy (non-hydrogen) atoms. The quantitative estimate of drug-likeness (QED) is 0.839. The van der Waals surface area contributed by atoms with Crippen LogP contribution in [0.15, 0.2) is 22.0 Å². The van der Waals surface area contributed by atoms with Crippen LogP contribution >= 0.6 is 11.3 Å². The van der Waals surface area contributed by atoms with Crippen molar-refractivity contribution in [3.63, 3.8) is 0 Å². The summed E-state index contributed by atoms with van der Waals surface area (Å²) < 4.78 is 5.45. The molecule has 1 aliphatic heterocycles. The largest absolute Gasteiger partial charge is 0.342 e. The van der Waals surface area contributed by atoms with E-state index in [9.17, 15) is 4.79 Å². The smallest absolute Gasteiger partial charge is 0.229 e. The van der Waals surface area contributed by atoms with Crippen LogP contribution in [0.3, 0.4) is 0 Å². The maximum Gasteiger partial charge on any atom is 0.229 e. The number of hydrogen-bond donors (Lipinski definition) is 0. The number of thiophene rings is 1. The third-order valence-electron chi connectivity index (χ3n) is 4.61. The molecule has 1 amide bonds. The lowest BCUT2D eigenvalue weighted by Crippen LogP contribution is -2.38. The van der Waals surface area contributed by atoms with E-state index >= 15 is 0 Å². The fraction of sp³-hybridized carbons (Fsp3) is 0.588. The van der Waals surface area contributed by atoms with Gasteiger partial charge in [-0.1, -0.05) is 25.1 Å². The van der Waals surface area contributed by atoms with E-state index in [0.717, 1.165) is 48.9 Å². The maximum absolute atomic E-state index is 12.3. The van der Waals surface area contributed by atoms with Crippen molar-refractivity contribution < 1.29 is 9.32 Å². The number of piperidine rings is 1. The van der Waals surface area contributed by atoms with E-state index in [2.05, 4.69) is 24.0 Å². The van der Waals surface area contributed by atoms with E-state index in [1.165, 1.54) is 0 Å². The zero-order chi connectivity index (χ0) is 16.2.